The van der Waals surface area contributed by atoms with Crippen molar-refractivity contribution in [3.05, 3.63) is 48.5 Å². The summed E-state index contributed by atoms with van der Waals surface area (Å²) in [7, 11) is -3.64. The van der Waals surface area contributed by atoms with Crippen molar-refractivity contribution in [3.63, 3.8) is 0 Å². The van der Waals surface area contributed by atoms with Gasteiger partial charge in [0.2, 0.25) is 10.0 Å². The number of nitrogens with one attached hydrogen (secondary N) is 1. The van der Waals surface area contributed by atoms with Crippen LogP contribution in [-0.2, 0) is 16.6 Å². The van der Waals surface area contributed by atoms with E-state index in [1.807, 2.05) is 37.3 Å². The molecule has 1 aromatic carbocycles. The standard InChI is InChI=1S/C18H22N6O2S/c1-2-23-13-15(12-19-23)27(25,26)24-11-7-6-10-16(24)18-20-17(21-22-18)14-8-4-3-5-9-14/h3-5,8-9,12-13,16H,2,6-7,10-11H2,1H3,(H,20,21,22). The first-order valence-corrected chi connectivity index (χ1v) is 10.6. The zero-order valence-electron chi connectivity index (χ0n) is 15.1. The van der Waals surface area contributed by atoms with E-state index in [1.165, 1.54) is 10.5 Å². The second-order valence-electron chi connectivity index (χ2n) is 6.57. The minimum absolute atomic E-state index is 0.221. The molecule has 142 valence electrons. The molecule has 9 heteroatoms. The van der Waals surface area contributed by atoms with Gasteiger partial charge in [0, 0.05) is 24.8 Å². The first-order chi connectivity index (χ1) is 13.1. The van der Waals surface area contributed by atoms with Crippen molar-refractivity contribution in [2.24, 2.45) is 0 Å². The number of rotatable bonds is 5. The largest absolute Gasteiger partial charge is 0.272 e. The zero-order valence-corrected chi connectivity index (χ0v) is 15.9. The van der Waals surface area contributed by atoms with Crippen molar-refractivity contribution in [2.45, 2.75) is 43.7 Å². The Morgan fingerprint density at radius 2 is 2.04 bits per heavy atom. The minimum atomic E-state index is -3.64. The molecule has 8 nitrogen and oxygen atoms in total. The van der Waals surface area contributed by atoms with E-state index in [9.17, 15) is 8.42 Å². The third-order valence-corrected chi connectivity index (χ3v) is 6.71. The third kappa shape index (κ3) is 3.40. The molecule has 0 saturated carbocycles. The molecule has 1 N–H and O–H groups in total. The van der Waals surface area contributed by atoms with E-state index in [2.05, 4.69) is 20.3 Å². The monoisotopic (exact) mass is 386 g/mol. The number of benzene rings is 1. The highest BCUT2D eigenvalue weighted by Crippen LogP contribution is 2.34. The minimum Gasteiger partial charge on any atom is -0.272 e. The van der Waals surface area contributed by atoms with Gasteiger partial charge in [-0.25, -0.2) is 13.4 Å². The van der Waals surface area contributed by atoms with E-state index in [0.29, 0.717) is 31.2 Å². The van der Waals surface area contributed by atoms with Crippen LogP contribution >= 0.6 is 0 Å². The normalized spacial score (nSPS) is 18.6. The molecule has 0 bridgehead atoms. The number of aryl methyl sites for hydroxylation is 1. The highest BCUT2D eigenvalue weighted by atomic mass is 32.2. The van der Waals surface area contributed by atoms with E-state index in [4.69, 9.17) is 0 Å². The SMILES string of the molecule is CCn1cc(S(=O)(=O)N2CCCCC2c2nc(-c3ccccc3)n[nH]2)cn1. The van der Waals surface area contributed by atoms with Gasteiger partial charge in [-0.15, -0.1) is 0 Å². The summed E-state index contributed by atoms with van der Waals surface area (Å²) in [6.45, 7) is 3.01. The number of aromatic amines is 1. The Labute approximate surface area is 158 Å². The molecule has 27 heavy (non-hydrogen) atoms. The van der Waals surface area contributed by atoms with Gasteiger partial charge in [-0.1, -0.05) is 36.8 Å². The van der Waals surface area contributed by atoms with Crippen LogP contribution in [-0.4, -0.2) is 44.2 Å². The predicted molar refractivity (Wildman–Crippen MR) is 100 cm³/mol. The zero-order chi connectivity index (χ0) is 18.9. The van der Waals surface area contributed by atoms with Gasteiger partial charge < -0.3 is 0 Å². The summed E-state index contributed by atoms with van der Waals surface area (Å²) in [6, 6.07) is 9.30. The number of sulfonamides is 1. The first-order valence-electron chi connectivity index (χ1n) is 9.11. The lowest BCUT2D eigenvalue weighted by atomic mass is 10.0. The molecule has 0 amide bonds. The van der Waals surface area contributed by atoms with Crippen molar-refractivity contribution in [3.8, 4) is 11.4 Å². The lowest BCUT2D eigenvalue weighted by Crippen LogP contribution is -2.38. The fourth-order valence-electron chi connectivity index (χ4n) is 3.39. The number of hydrogen-bond donors (Lipinski definition) is 1. The average molecular weight is 386 g/mol. The van der Waals surface area contributed by atoms with Crippen molar-refractivity contribution < 1.29 is 8.42 Å². The summed E-state index contributed by atoms with van der Waals surface area (Å²) in [6.07, 6.45) is 5.49. The van der Waals surface area contributed by atoms with Gasteiger partial charge in [-0.2, -0.15) is 14.5 Å². The van der Waals surface area contributed by atoms with Crippen LogP contribution in [0.25, 0.3) is 11.4 Å². The van der Waals surface area contributed by atoms with E-state index in [-0.39, 0.29) is 10.9 Å². The topological polar surface area (TPSA) is 96.8 Å². The van der Waals surface area contributed by atoms with Crippen LogP contribution in [0.1, 0.15) is 38.1 Å². The molecule has 1 saturated heterocycles. The molecule has 1 unspecified atom stereocenters. The lowest BCUT2D eigenvalue weighted by Gasteiger charge is -2.32. The molecule has 1 aliphatic heterocycles. The Morgan fingerprint density at radius 1 is 1.22 bits per heavy atom. The third-order valence-electron chi connectivity index (χ3n) is 4.84. The summed E-state index contributed by atoms with van der Waals surface area (Å²) in [4.78, 5) is 4.81. The highest BCUT2D eigenvalue weighted by molar-refractivity contribution is 7.89. The van der Waals surface area contributed by atoms with Gasteiger partial charge in [0.15, 0.2) is 5.82 Å². The van der Waals surface area contributed by atoms with Crippen LogP contribution in [0.2, 0.25) is 0 Å². The van der Waals surface area contributed by atoms with Gasteiger partial charge >= 0.3 is 0 Å². The maximum atomic E-state index is 13.2. The maximum absolute atomic E-state index is 13.2. The molecular formula is C18H22N6O2S. The summed E-state index contributed by atoms with van der Waals surface area (Å²) in [5.41, 5.74) is 0.898. The molecule has 1 fully saturated rings. The Balaban J connectivity index is 1.66. The van der Waals surface area contributed by atoms with Crippen LogP contribution in [0.4, 0.5) is 0 Å². The van der Waals surface area contributed by atoms with E-state index >= 15 is 0 Å². The molecule has 0 aliphatic carbocycles. The highest BCUT2D eigenvalue weighted by Gasteiger charge is 2.37. The molecular weight excluding hydrogens is 364 g/mol. The number of nitrogens with zero attached hydrogens (tertiary/aromatic N) is 5. The van der Waals surface area contributed by atoms with Crippen LogP contribution in [0.3, 0.4) is 0 Å². The number of aromatic nitrogens is 5. The van der Waals surface area contributed by atoms with E-state index in [0.717, 1.165) is 18.4 Å². The number of H-pyrrole nitrogens is 1. The summed E-state index contributed by atoms with van der Waals surface area (Å²) in [5, 5.41) is 11.4. The van der Waals surface area contributed by atoms with Crippen molar-refractivity contribution in [1.82, 2.24) is 29.3 Å². The number of piperidine rings is 1. The lowest BCUT2D eigenvalue weighted by molar-refractivity contribution is 0.247. The van der Waals surface area contributed by atoms with Crippen molar-refractivity contribution in [1.29, 1.82) is 0 Å². The summed E-state index contributed by atoms with van der Waals surface area (Å²) in [5.74, 6) is 1.16. The van der Waals surface area contributed by atoms with E-state index in [1.54, 1.807) is 10.9 Å². The molecule has 0 radical (unpaired) electrons. The second-order valence-corrected chi connectivity index (χ2v) is 8.46. The fourth-order valence-corrected chi connectivity index (χ4v) is 5.01. The Kier molecular flexibility index (Phi) is 4.79. The quantitative estimate of drug-likeness (QED) is 0.727. The predicted octanol–water partition coefficient (Wildman–Crippen LogP) is 2.60. The van der Waals surface area contributed by atoms with Gasteiger partial charge in [0.05, 0.1) is 12.2 Å². The molecule has 2 aromatic heterocycles. The van der Waals surface area contributed by atoms with Crippen LogP contribution < -0.4 is 0 Å². The summed E-state index contributed by atoms with van der Waals surface area (Å²) >= 11 is 0. The number of hydrogen-bond acceptors (Lipinski definition) is 5. The van der Waals surface area contributed by atoms with Gasteiger partial charge in [0.1, 0.15) is 10.7 Å². The second kappa shape index (κ2) is 7.24. The van der Waals surface area contributed by atoms with Crippen LogP contribution in [0.15, 0.2) is 47.6 Å². The Morgan fingerprint density at radius 3 is 2.78 bits per heavy atom. The fraction of sp³-hybridized carbons (Fsp3) is 0.389. The van der Waals surface area contributed by atoms with Gasteiger partial charge in [0.25, 0.3) is 0 Å². The van der Waals surface area contributed by atoms with Gasteiger partial charge in [-0.3, -0.25) is 9.78 Å². The molecule has 0 spiro atoms. The first kappa shape index (κ1) is 17.9. The summed E-state index contributed by atoms with van der Waals surface area (Å²) < 4.78 is 29.5. The Bertz CT molecular complexity index is 1010. The van der Waals surface area contributed by atoms with Crippen LogP contribution in [0, 0.1) is 0 Å². The van der Waals surface area contributed by atoms with Crippen molar-refractivity contribution in [2.75, 3.05) is 6.54 Å². The molecule has 3 heterocycles. The maximum Gasteiger partial charge on any atom is 0.246 e. The molecule has 1 aliphatic rings. The van der Waals surface area contributed by atoms with Crippen molar-refractivity contribution >= 4 is 10.0 Å². The molecule has 4 rings (SSSR count). The van der Waals surface area contributed by atoms with Crippen LogP contribution in [0.5, 0.6) is 0 Å². The molecule has 1 atom stereocenters. The molecule has 3 aromatic rings. The average Bonchev–Trinajstić information content (AvgIpc) is 3.39. The smallest absolute Gasteiger partial charge is 0.246 e. The van der Waals surface area contributed by atoms with Gasteiger partial charge in [-0.05, 0) is 19.8 Å². The Hall–Kier alpha value is -2.52. The van der Waals surface area contributed by atoms with E-state index < -0.39 is 10.0 Å².